The molecule has 1 atom stereocenters. The molecule has 1 aromatic carbocycles. The molecule has 7 heteroatoms. The third-order valence-electron chi connectivity index (χ3n) is 2.36. The largest absolute Gasteiger partial charge is 0.491 e. The summed E-state index contributed by atoms with van der Waals surface area (Å²) >= 11 is 7.75. The SMILES string of the molecule is NC(Cc1cc(I)c(OCCCBr)c(I)c1)C(=O)O. The monoisotopic (exact) mass is 553 g/mol. The van der Waals surface area contributed by atoms with Crippen molar-refractivity contribution in [3.63, 3.8) is 0 Å². The molecule has 106 valence electrons. The van der Waals surface area contributed by atoms with Gasteiger partial charge in [0, 0.05) is 5.33 Å². The summed E-state index contributed by atoms with van der Waals surface area (Å²) in [5, 5.41) is 9.73. The van der Waals surface area contributed by atoms with Crippen molar-refractivity contribution in [2.45, 2.75) is 18.9 Å². The maximum atomic E-state index is 10.8. The normalized spacial score (nSPS) is 12.2. The molecule has 0 aliphatic carbocycles. The minimum absolute atomic E-state index is 0.322. The van der Waals surface area contributed by atoms with Gasteiger partial charge in [-0.2, -0.15) is 0 Å². The molecule has 0 aromatic heterocycles. The molecule has 0 heterocycles. The summed E-state index contributed by atoms with van der Waals surface area (Å²) in [5.74, 6) is -0.127. The van der Waals surface area contributed by atoms with Gasteiger partial charge >= 0.3 is 5.97 Å². The average Bonchev–Trinajstić information content (AvgIpc) is 2.32. The Bertz CT molecular complexity index is 434. The highest BCUT2D eigenvalue weighted by atomic mass is 127. The number of carboxylic acids is 1. The lowest BCUT2D eigenvalue weighted by Crippen LogP contribution is -2.32. The van der Waals surface area contributed by atoms with Gasteiger partial charge in [-0.05, 0) is 75.7 Å². The molecule has 0 saturated heterocycles. The third kappa shape index (κ3) is 5.72. The Labute approximate surface area is 147 Å². The maximum Gasteiger partial charge on any atom is 0.320 e. The molecule has 0 saturated carbocycles. The van der Waals surface area contributed by atoms with Gasteiger partial charge in [0.05, 0.1) is 13.7 Å². The number of alkyl halides is 1. The zero-order valence-corrected chi connectivity index (χ0v) is 15.9. The van der Waals surface area contributed by atoms with Crippen LogP contribution in [0, 0.1) is 7.14 Å². The molecule has 3 N–H and O–H groups in total. The standard InChI is InChI=1S/C12H14BrI2NO3/c13-2-1-3-19-11-8(14)4-7(5-9(11)15)6-10(16)12(17)18/h4-5,10H,1-3,6,16H2,(H,17,18). The Kier molecular flexibility index (Phi) is 7.92. The fourth-order valence-electron chi connectivity index (χ4n) is 1.44. The second kappa shape index (κ2) is 8.63. The number of ether oxygens (including phenoxy) is 1. The zero-order chi connectivity index (χ0) is 14.4. The highest BCUT2D eigenvalue weighted by Gasteiger charge is 2.15. The second-order valence-electron chi connectivity index (χ2n) is 3.93. The Hall–Kier alpha value is 0.390. The minimum atomic E-state index is -0.984. The topological polar surface area (TPSA) is 72.5 Å². The van der Waals surface area contributed by atoms with E-state index in [1.54, 1.807) is 0 Å². The van der Waals surface area contributed by atoms with Crippen LogP contribution in [-0.4, -0.2) is 29.1 Å². The first-order valence-electron chi connectivity index (χ1n) is 5.60. The summed E-state index contributed by atoms with van der Waals surface area (Å²) in [4.78, 5) is 10.8. The molecule has 1 aromatic rings. The molecule has 1 rings (SSSR count). The van der Waals surface area contributed by atoms with Gasteiger partial charge in [0.15, 0.2) is 0 Å². The predicted octanol–water partition coefficient (Wildman–Crippen LogP) is 3.01. The van der Waals surface area contributed by atoms with Crippen LogP contribution in [0.1, 0.15) is 12.0 Å². The van der Waals surface area contributed by atoms with Crippen LogP contribution < -0.4 is 10.5 Å². The van der Waals surface area contributed by atoms with Crippen molar-refractivity contribution in [2.24, 2.45) is 5.73 Å². The number of hydrogen-bond acceptors (Lipinski definition) is 3. The highest BCUT2D eigenvalue weighted by molar-refractivity contribution is 14.1. The number of carboxylic acid groups (broad SMARTS) is 1. The summed E-state index contributed by atoms with van der Waals surface area (Å²) in [6.07, 6.45) is 1.26. The summed E-state index contributed by atoms with van der Waals surface area (Å²) in [6, 6.07) is 2.98. The van der Waals surface area contributed by atoms with E-state index in [4.69, 9.17) is 15.6 Å². The number of carbonyl (C=O) groups is 1. The van der Waals surface area contributed by atoms with E-state index in [9.17, 15) is 4.79 Å². The van der Waals surface area contributed by atoms with E-state index >= 15 is 0 Å². The van der Waals surface area contributed by atoms with Crippen molar-refractivity contribution in [1.29, 1.82) is 0 Å². The number of hydrogen-bond donors (Lipinski definition) is 2. The van der Waals surface area contributed by atoms with Gasteiger partial charge in [0.1, 0.15) is 11.8 Å². The highest BCUT2D eigenvalue weighted by Crippen LogP contribution is 2.29. The van der Waals surface area contributed by atoms with Gasteiger partial charge in [0.2, 0.25) is 0 Å². The molecule has 4 nitrogen and oxygen atoms in total. The van der Waals surface area contributed by atoms with Crippen molar-refractivity contribution in [3.8, 4) is 5.75 Å². The lowest BCUT2D eigenvalue weighted by atomic mass is 10.1. The number of benzene rings is 1. The molecular formula is C12H14BrI2NO3. The van der Waals surface area contributed by atoms with Crippen LogP contribution in [-0.2, 0) is 11.2 Å². The fourth-order valence-corrected chi connectivity index (χ4v) is 3.88. The van der Waals surface area contributed by atoms with E-state index in [1.807, 2.05) is 12.1 Å². The molecule has 0 fully saturated rings. The predicted molar refractivity (Wildman–Crippen MR) is 95.1 cm³/mol. The number of rotatable bonds is 7. The number of nitrogens with two attached hydrogens (primary N) is 1. The van der Waals surface area contributed by atoms with Crippen LogP contribution in [0.2, 0.25) is 0 Å². The van der Waals surface area contributed by atoms with E-state index in [-0.39, 0.29) is 0 Å². The van der Waals surface area contributed by atoms with Crippen molar-refractivity contribution in [1.82, 2.24) is 0 Å². The van der Waals surface area contributed by atoms with Crippen molar-refractivity contribution in [2.75, 3.05) is 11.9 Å². The van der Waals surface area contributed by atoms with Crippen LogP contribution in [0.15, 0.2) is 12.1 Å². The van der Waals surface area contributed by atoms with E-state index in [1.165, 1.54) is 0 Å². The Morgan fingerprint density at radius 3 is 2.47 bits per heavy atom. The molecule has 0 spiro atoms. The van der Waals surface area contributed by atoms with Gasteiger partial charge in [0.25, 0.3) is 0 Å². The second-order valence-corrected chi connectivity index (χ2v) is 7.05. The lowest BCUT2D eigenvalue weighted by molar-refractivity contribution is -0.138. The first kappa shape index (κ1) is 17.4. The minimum Gasteiger partial charge on any atom is -0.491 e. The fraction of sp³-hybridized carbons (Fsp3) is 0.417. The molecule has 0 bridgehead atoms. The number of aliphatic carboxylic acids is 1. The molecule has 0 amide bonds. The van der Waals surface area contributed by atoms with Crippen LogP contribution in [0.25, 0.3) is 0 Å². The lowest BCUT2D eigenvalue weighted by Gasteiger charge is -2.13. The van der Waals surface area contributed by atoms with Gasteiger partial charge in [-0.1, -0.05) is 15.9 Å². The van der Waals surface area contributed by atoms with E-state index in [2.05, 4.69) is 61.1 Å². The zero-order valence-electron chi connectivity index (χ0n) is 10.0. The van der Waals surface area contributed by atoms with E-state index in [0.29, 0.717) is 13.0 Å². The first-order valence-corrected chi connectivity index (χ1v) is 8.88. The smallest absolute Gasteiger partial charge is 0.320 e. The Morgan fingerprint density at radius 2 is 2.00 bits per heavy atom. The third-order valence-corrected chi connectivity index (χ3v) is 4.52. The summed E-state index contributed by atoms with van der Waals surface area (Å²) in [5.41, 5.74) is 6.46. The first-order chi connectivity index (χ1) is 8.95. The van der Waals surface area contributed by atoms with Gasteiger partial charge in [-0.25, -0.2) is 0 Å². The van der Waals surface area contributed by atoms with Gasteiger partial charge in [-0.3, -0.25) is 4.79 Å². The average molecular weight is 554 g/mol. The molecule has 0 aliphatic rings. The summed E-state index contributed by atoms with van der Waals surface area (Å²) < 4.78 is 7.68. The molecular weight excluding hydrogens is 540 g/mol. The molecule has 1 unspecified atom stereocenters. The van der Waals surface area contributed by atoms with Crippen molar-refractivity contribution < 1.29 is 14.6 Å². The molecule has 0 aliphatic heterocycles. The Balaban J connectivity index is 2.81. The van der Waals surface area contributed by atoms with Gasteiger partial charge < -0.3 is 15.6 Å². The van der Waals surface area contributed by atoms with Crippen LogP contribution >= 0.6 is 61.1 Å². The van der Waals surface area contributed by atoms with Gasteiger partial charge in [-0.15, -0.1) is 0 Å². The maximum absolute atomic E-state index is 10.8. The summed E-state index contributed by atoms with van der Waals surface area (Å²) in [7, 11) is 0. The summed E-state index contributed by atoms with van der Waals surface area (Å²) in [6.45, 7) is 0.658. The van der Waals surface area contributed by atoms with Crippen LogP contribution in [0.3, 0.4) is 0 Å². The molecule has 0 radical (unpaired) electrons. The molecule has 19 heavy (non-hydrogen) atoms. The quantitative estimate of drug-likeness (QED) is 0.309. The van der Waals surface area contributed by atoms with Crippen molar-refractivity contribution in [3.05, 3.63) is 24.8 Å². The van der Waals surface area contributed by atoms with Crippen LogP contribution in [0.5, 0.6) is 5.75 Å². The number of halogens is 3. The van der Waals surface area contributed by atoms with Crippen LogP contribution in [0.4, 0.5) is 0 Å². The van der Waals surface area contributed by atoms with E-state index < -0.39 is 12.0 Å². The van der Waals surface area contributed by atoms with Crippen molar-refractivity contribution >= 4 is 67.1 Å². The van der Waals surface area contributed by atoms with E-state index in [0.717, 1.165) is 30.2 Å². The Morgan fingerprint density at radius 1 is 1.42 bits per heavy atom.